The van der Waals surface area contributed by atoms with Gasteiger partial charge in [-0.1, -0.05) is 45.9 Å². The molecule has 1 heterocycles. The SMILES string of the molecule is CC(C)C(O)C(C)(C)CNC(=O)CCc1cnn(-c2ccccc2)c1. The number of carbonyl (C=O) groups excluding carboxylic acids is 1. The molecule has 2 aromatic rings. The molecule has 0 fully saturated rings. The Morgan fingerprint density at radius 1 is 1.28 bits per heavy atom. The molecule has 0 bridgehead atoms. The topological polar surface area (TPSA) is 67.2 Å². The molecule has 0 saturated carbocycles. The molecular weight excluding hydrogens is 314 g/mol. The highest BCUT2D eigenvalue weighted by molar-refractivity contribution is 5.76. The van der Waals surface area contributed by atoms with Crippen molar-refractivity contribution in [3.8, 4) is 5.69 Å². The van der Waals surface area contributed by atoms with Gasteiger partial charge in [0.1, 0.15) is 0 Å². The first-order valence-electron chi connectivity index (χ1n) is 8.83. The second kappa shape index (κ2) is 8.30. The maximum Gasteiger partial charge on any atom is 0.220 e. The first-order chi connectivity index (χ1) is 11.8. The summed E-state index contributed by atoms with van der Waals surface area (Å²) in [4.78, 5) is 12.1. The molecule has 1 amide bonds. The summed E-state index contributed by atoms with van der Waals surface area (Å²) in [5, 5.41) is 17.5. The second-order valence-electron chi connectivity index (χ2n) is 7.58. The van der Waals surface area contributed by atoms with Crippen molar-refractivity contribution in [1.29, 1.82) is 0 Å². The number of hydrogen-bond donors (Lipinski definition) is 2. The summed E-state index contributed by atoms with van der Waals surface area (Å²) in [7, 11) is 0. The number of rotatable bonds is 8. The van der Waals surface area contributed by atoms with Gasteiger partial charge in [0, 0.05) is 24.6 Å². The third kappa shape index (κ3) is 5.43. The fourth-order valence-electron chi connectivity index (χ4n) is 2.89. The highest BCUT2D eigenvalue weighted by atomic mass is 16.3. The lowest BCUT2D eigenvalue weighted by atomic mass is 9.80. The summed E-state index contributed by atoms with van der Waals surface area (Å²) in [5.41, 5.74) is 1.69. The normalized spacial score (nSPS) is 13.0. The Balaban J connectivity index is 1.82. The van der Waals surface area contributed by atoms with Gasteiger partial charge in [-0.2, -0.15) is 5.10 Å². The van der Waals surface area contributed by atoms with Crippen LogP contribution in [0.4, 0.5) is 0 Å². The fraction of sp³-hybridized carbons (Fsp3) is 0.500. The zero-order valence-corrected chi connectivity index (χ0v) is 15.6. The van der Waals surface area contributed by atoms with Crippen molar-refractivity contribution in [2.45, 2.75) is 46.6 Å². The van der Waals surface area contributed by atoms with Crippen molar-refractivity contribution in [3.63, 3.8) is 0 Å². The monoisotopic (exact) mass is 343 g/mol. The van der Waals surface area contributed by atoms with Crippen LogP contribution in [0.1, 0.15) is 39.7 Å². The van der Waals surface area contributed by atoms with Gasteiger partial charge in [0.25, 0.3) is 0 Å². The molecule has 1 atom stereocenters. The van der Waals surface area contributed by atoms with E-state index in [4.69, 9.17) is 0 Å². The number of aromatic nitrogens is 2. The lowest BCUT2D eigenvalue weighted by Gasteiger charge is -2.33. The van der Waals surface area contributed by atoms with Crippen molar-refractivity contribution in [3.05, 3.63) is 48.3 Å². The Bertz CT molecular complexity index is 677. The Labute approximate surface area is 150 Å². The van der Waals surface area contributed by atoms with E-state index in [9.17, 15) is 9.90 Å². The minimum absolute atomic E-state index is 0.00325. The number of benzene rings is 1. The predicted octanol–water partition coefficient (Wildman–Crippen LogP) is 2.96. The van der Waals surface area contributed by atoms with Crippen LogP contribution in [0.2, 0.25) is 0 Å². The van der Waals surface area contributed by atoms with Gasteiger partial charge in [-0.05, 0) is 30.0 Å². The number of nitrogens with zero attached hydrogens (tertiary/aromatic N) is 2. The van der Waals surface area contributed by atoms with Gasteiger partial charge in [0.2, 0.25) is 5.91 Å². The maximum atomic E-state index is 12.1. The molecule has 0 aliphatic carbocycles. The number of aliphatic hydroxyl groups is 1. The van der Waals surface area contributed by atoms with E-state index >= 15 is 0 Å². The van der Waals surface area contributed by atoms with E-state index < -0.39 is 6.10 Å². The summed E-state index contributed by atoms with van der Waals surface area (Å²) < 4.78 is 1.81. The van der Waals surface area contributed by atoms with Crippen LogP contribution in [-0.2, 0) is 11.2 Å². The minimum atomic E-state index is -0.447. The summed E-state index contributed by atoms with van der Waals surface area (Å²) >= 11 is 0. The van der Waals surface area contributed by atoms with Crippen LogP contribution >= 0.6 is 0 Å². The Morgan fingerprint density at radius 2 is 1.96 bits per heavy atom. The van der Waals surface area contributed by atoms with Gasteiger partial charge >= 0.3 is 0 Å². The van der Waals surface area contributed by atoms with Crippen molar-refractivity contribution in [1.82, 2.24) is 15.1 Å². The lowest BCUT2D eigenvalue weighted by Crippen LogP contribution is -2.43. The second-order valence-corrected chi connectivity index (χ2v) is 7.58. The number of aliphatic hydroxyl groups excluding tert-OH is 1. The van der Waals surface area contributed by atoms with Crippen LogP contribution in [0.15, 0.2) is 42.7 Å². The average molecular weight is 343 g/mol. The molecule has 2 rings (SSSR count). The summed E-state index contributed by atoms with van der Waals surface area (Å²) in [5.74, 6) is 0.159. The molecule has 0 aliphatic rings. The molecule has 1 aromatic heterocycles. The fourth-order valence-corrected chi connectivity index (χ4v) is 2.89. The molecular formula is C20H29N3O2. The van der Waals surface area contributed by atoms with Gasteiger partial charge in [-0.15, -0.1) is 0 Å². The van der Waals surface area contributed by atoms with Gasteiger partial charge < -0.3 is 10.4 Å². The molecule has 0 aliphatic heterocycles. The van der Waals surface area contributed by atoms with E-state index in [1.54, 1.807) is 6.20 Å². The molecule has 1 unspecified atom stereocenters. The average Bonchev–Trinajstić information content (AvgIpc) is 3.07. The molecule has 0 spiro atoms. The van der Waals surface area contributed by atoms with Crippen LogP contribution < -0.4 is 5.32 Å². The largest absolute Gasteiger partial charge is 0.392 e. The van der Waals surface area contributed by atoms with E-state index in [2.05, 4.69) is 10.4 Å². The van der Waals surface area contributed by atoms with Crippen LogP contribution in [0.3, 0.4) is 0 Å². The molecule has 1 aromatic carbocycles. The van der Waals surface area contributed by atoms with Gasteiger partial charge in [0.15, 0.2) is 0 Å². The van der Waals surface area contributed by atoms with Gasteiger partial charge in [0.05, 0.1) is 18.0 Å². The third-order valence-electron chi connectivity index (χ3n) is 4.47. The first-order valence-corrected chi connectivity index (χ1v) is 8.83. The standard InChI is InChI=1S/C20H29N3O2/c1-15(2)19(25)20(3,4)14-21-18(24)11-10-16-12-22-23(13-16)17-8-6-5-7-9-17/h5-9,12-13,15,19,25H,10-11,14H2,1-4H3,(H,21,24). The van der Waals surface area contributed by atoms with Crippen LogP contribution in [0.25, 0.3) is 5.69 Å². The quantitative estimate of drug-likeness (QED) is 0.774. The van der Waals surface area contributed by atoms with E-state index in [0.717, 1.165) is 11.3 Å². The highest BCUT2D eigenvalue weighted by Crippen LogP contribution is 2.25. The zero-order chi connectivity index (χ0) is 18.4. The number of carbonyl (C=O) groups is 1. The van der Waals surface area contributed by atoms with Gasteiger partial charge in [-0.3, -0.25) is 4.79 Å². The number of amides is 1. The van der Waals surface area contributed by atoms with Crippen molar-refractivity contribution in [2.24, 2.45) is 11.3 Å². The smallest absolute Gasteiger partial charge is 0.220 e. The highest BCUT2D eigenvalue weighted by Gasteiger charge is 2.30. The summed E-state index contributed by atoms with van der Waals surface area (Å²) in [6.07, 6.45) is 4.36. The van der Waals surface area contributed by atoms with E-state index in [0.29, 0.717) is 19.4 Å². The lowest BCUT2D eigenvalue weighted by molar-refractivity contribution is -0.122. The van der Waals surface area contributed by atoms with Crippen molar-refractivity contribution < 1.29 is 9.90 Å². The van der Waals surface area contributed by atoms with Crippen molar-refractivity contribution >= 4 is 5.91 Å². The maximum absolute atomic E-state index is 12.1. The molecule has 136 valence electrons. The Kier molecular flexibility index (Phi) is 6.37. The summed E-state index contributed by atoms with van der Waals surface area (Å²) in [6.45, 7) is 8.38. The number of nitrogens with one attached hydrogen (secondary N) is 1. The van der Waals surface area contributed by atoms with E-state index in [1.165, 1.54) is 0 Å². The first kappa shape index (κ1) is 19.2. The molecule has 2 N–H and O–H groups in total. The Hall–Kier alpha value is -2.14. The zero-order valence-electron chi connectivity index (χ0n) is 15.6. The third-order valence-corrected chi connectivity index (χ3v) is 4.47. The molecule has 0 saturated heterocycles. The number of aryl methyl sites for hydroxylation is 1. The van der Waals surface area contributed by atoms with Crippen LogP contribution in [0.5, 0.6) is 0 Å². The summed E-state index contributed by atoms with van der Waals surface area (Å²) in [6, 6.07) is 9.89. The van der Waals surface area contributed by atoms with E-state index in [-0.39, 0.29) is 17.2 Å². The predicted molar refractivity (Wildman–Crippen MR) is 99.5 cm³/mol. The van der Waals surface area contributed by atoms with Gasteiger partial charge in [-0.25, -0.2) is 4.68 Å². The number of para-hydroxylation sites is 1. The minimum Gasteiger partial charge on any atom is -0.392 e. The molecule has 5 heteroatoms. The van der Waals surface area contributed by atoms with Crippen LogP contribution in [-0.4, -0.2) is 33.4 Å². The van der Waals surface area contributed by atoms with E-state index in [1.807, 2.05) is 68.9 Å². The van der Waals surface area contributed by atoms with Crippen LogP contribution in [0, 0.1) is 11.3 Å². The molecule has 5 nitrogen and oxygen atoms in total. The Morgan fingerprint density at radius 3 is 2.60 bits per heavy atom. The van der Waals surface area contributed by atoms with Crippen molar-refractivity contribution in [2.75, 3.05) is 6.54 Å². The molecule has 25 heavy (non-hydrogen) atoms. The molecule has 0 radical (unpaired) electrons. The number of hydrogen-bond acceptors (Lipinski definition) is 3.